The van der Waals surface area contributed by atoms with E-state index in [1.54, 1.807) is 10.3 Å². The summed E-state index contributed by atoms with van der Waals surface area (Å²) in [5.41, 5.74) is -5.82. The summed E-state index contributed by atoms with van der Waals surface area (Å²) >= 11 is 0. The molecule has 208 valence electrons. The average molecular weight is 573 g/mol. The largest absolute Gasteiger partial charge is 0.443 e. The molecule has 0 spiro atoms. The van der Waals surface area contributed by atoms with Crippen LogP contribution in [-0.4, -0.2) is 72.1 Å². The predicted molar refractivity (Wildman–Crippen MR) is 98.0 cm³/mol. The summed E-state index contributed by atoms with van der Waals surface area (Å²) in [5, 5.41) is -0.0486. The highest BCUT2D eigenvalue weighted by Gasteiger charge is 2.75. The predicted octanol–water partition coefficient (Wildman–Crippen LogP) is 5.19. The maximum Gasteiger partial charge on any atom is 0.443 e. The fourth-order valence-electron chi connectivity index (χ4n) is 2.86. The Kier molecular flexibility index (Phi) is 7.22. The topological polar surface area (TPSA) is 87.9 Å². The minimum atomic E-state index is -6.68. The fraction of sp³-hybridized carbons (Fsp3) is 0.800. The Balaban J connectivity index is 2.75. The monoisotopic (exact) mass is 573 g/mol. The molecular weight excluding hydrogens is 557 g/mol. The summed E-state index contributed by atoms with van der Waals surface area (Å²) in [6.07, 6.45) is -26.3. The van der Waals surface area contributed by atoms with E-state index in [2.05, 4.69) is 14.5 Å². The molecule has 0 aromatic carbocycles. The van der Waals surface area contributed by atoms with Gasteiger partial charge in [0.05, 0.1) is 6.61 Å². The number of ether oxygens (including phenoxy) is 1. The summed E-state index contributed by atoms with van der Waals surface area (Å²) in [7, 11) is -3.08. The molecule has 0 saturated heterocycles. The number of rotatable bonds is 3. The number of aliphatic imine (C=N–C) groups is 2. The van der Waals surface area contributed by atoms with Gasteiger partial charge in [-0.2, -0.15) is 62.4 Å². The van der Waals surface area contributed by atoms with Crippen LogP contribution >= 0.6 is 7.52 Å². The highest BCUT2D eigenvalue weighted by atomic mass is 31.2. The molecular formula is C15H16F12N5O3P. The Morgan fingerprint density at radius 2 is 1.44 bits per heavy atom. The van der Waals surface area contributed by atoms with Crippen LogP contribution in [0.5, 0.6) is 0 Å². The lowest BCUT2D eigenvalue weighted by Gasteiger charge is -2.36. The van der Waals surface area contributed by atoms with Crippen LogP contribution in [-0.2, 0) is 13.8 Å². The molecule has 2 aliphatic rings. The number of nitrogens with one attached hydrogen (secondary N) is 1. The van der Waals surface area contributed by atoms with Gasteiger partial charge in [-0.1, -0.05) is 0 Å². The lowest BCUT2D eigenvalue weighted by atomic mass is 10.1. The standard InChI is InChI=1S/C15H16F12N5O3P/c1-5-34-36(33)10(2,3)32(4)8(31-36)28-9-30-13(14(22,23)24,15(25,26)27)29-7(35-9)6(11(16,17)18)12(19,20)21/h6H,5H2,1-4H3,(H,28,30,31,33)/t36-/m0/s1. The molecule has 0 radical (unpaired) electrons. The molecule has 2 aliphatic heterocycles. The van der Waals surface area contributed by atoms with Gasteiger partial charge in [0.15, 0.2) is 0 Å². The minimum absolute atomic E-state index is 0.232. The number of hydrogen-bond acceptors (Lipinski definition) is 7. The van der Waals surface area contributed by atoms with Crippen molar-refractivity contribution in [3.63, 3.8) is 0 Å². The Hall–Kier alpha value is -2.24. The molecule has 0 aromatic heterocycles. The van der Waals surface area contributed by atoms with E-state index >= 15 is 0 Å². The number of alkyl halides is 12. The Morgan fingerprint density at radius 1 is 0.972 bits per heavy atom. The van der Waals surface area contributed by atoms with Crippen LogP contribution in [0.25, 0.3) is 0 Å². The van der Waals surface area contributed by atoms with Crippen LogP contribution in [0, 0.1) is 5.92 Å². The molecule has 21 heteroatoms. The van der Waals surface area contributed by atoms with Gasteiger partial charge >= 0.3 is 43.9 Å². The molecule has 2 heterocycles. The maximum absolute atomic E-state index is 13.5. The normalized spacial score (nSPS) is 24.8. The van der Waals surface area contributed by atoms with Gasteiger partial charge in [-0.05, 0) is 20.8 Å². The average Bonchev–Trinajstić information content (AvgIpc) is 2.77. The van der Waals surface area contributed by atoms with Crippen LogP contribution in [0.15, 0.2) is 14.7 Å². The maximum atomic E-state index is 13.5. The van der Waals surface area contributed by atoms with E-state index in [0.717, 1.165) is 11.9 Å². The number of hydrogen-bond donors (Lipinski definition) is 1. The first-order valence-electron chi connectivity index (χ1n) is 9.34. The van der Waals surface area contributed by atoms with Gasteiger partial charge in [0.2, 0.25) is 17.8 Å². The first-order valence-corrected chi connectivity index (χ1v) is 10.9. The molecule has 36 heavy (non-hydrogen) atoms. The van der Waals surface area contributed by atoms with Crippen molar-refractivity contribution in [3.05, 3.63) is 0 Å². The molecule has 0 fully saturated rings. The molecule has 0 saturated carbocycles. The summed E-state index contributed by atoms with van der Waals surface area (Å²) in [4.78, 5) is 4.67. The van der Waals surface area contributed by atoms with Gasteiger partial charge < -0.3 is 14.2 Å². The molecule has 0 unspecified atom stereocenters. The molecule has 0 bridgehead atoms. The van der Waals surface area contributed by atoms with E-state index in [0.29, 0.717) is 0 Å². The van der Waals surface area contributed by atoms with E-state index in [4.69, 9.17) is 4.52 Å². The quantitative estimate of drug-likeness (QED) is 0.371. The molecule has 1 atom stereocenters. The van der Waals surface area contributed by atoms with Crippen molar-refractivity contribution in [2.75, 3.05) is 13.7 Å². The SMILES string of the molecule is CCO[P@]1(=O)N=C(NC2=NC(C(F)(F)F)(C(F)(F)F)N=C(C(C(F)(F)F)C(F)(F)F)O2)N(C)C1(C)C. The van der Waals surface area contributed by atoms with Crippen LogP contribution in [0.1, 0.15) is 20.8 Å². The van der Waals surface area contributed by atoms with E-state index in [9.17, 15) is 57.3 Å². The van der Waals surface area contributed by atoms with E-state index in [1.165, 1.54) is 20.8 Å². The molecule has 1 N–H and O–H groups in total. The third-order valence-electron chi connectivity index (χ3n) is 5.01. The van der Waals surface area contributed by atoms with Gasteiger partial charge in [-0.25, -0.2) is 4.99 Å². The fourth-order valence-corrected chi connectivity index (χ4v) is 4.74. The van der Waals surface area contributed by atoms with Gasteiger partial charge in [0.25, 0.3) is 0 Å². The first-order chi connectivity index (χ1) is 15.8. The van der Waals surface area contributed by atoms with Gasteiger partial charge in [-0.15, -0.1) is 0 Å². The van der Waals surface area contributed by atoms with Crippen molar-refractivity contribution < 1.29 is 66.5 Å². The zero-order valence-electron chi connectivity index (χ0n) is 18.3. The van der Waals surface area contributed by atoms with Gasteiger partial charge in [0.1, 0.15) is 5.28 Å². The van der Waals surface area contributed by atoms with E-state index in [1.807, 2.05) is 0 Å². The summed E-state index contributed by atoms with van der Waals surface area (Å²) in [6, 6.07) is -2.13. The summed E-state index contributed by atoms with van der Waals surface area (Å²) in [5.74, 6) is -8.91. The summed E-state index contributed by atoms with van der Waals surface area (Å²) < 4.78 is 186. The molecule has 2 rings (SSSR count). The van der Waals surface area contributed by atoms with Crippen molar-refractivity contribution in [1.29, 1.82) is 0 Å². The van der Waals surface area contributed by atoms with Crippen LogP contribution in [0.2, 0.25) is 0 Å². The Bertz CT molecular complexity index is 984. The van der Waals surface area contributed by atoms with Gasteiger partial charge in [0, 0.05) is 7.05 Å². The van der Waals surface area contributed by atoms with Crippen molar-refractivity contribution in [3.8, 4) is 0 Å². The molecule has 0 aliphatic carbocycles. The smallest absolute Gasteiger partial charge is 0.410 e. The second-order valence-electron chi connectivity index (χ2n) is 7.69. The minimum Gasteiger partial charge on any atom is -0.410 e. The lowest BCUT2D eigenvalue weighted by Crippen LogP contribution is -2.60. The van der Waals surface area contributed by atoms with E-state index < -0.39 is 67.0 Å². The van der Waals surface area contributed by atoms with Crippen molar-refractivity contribution in [1.82, 2.24) is 10.2 Å². The Morgan fingerprint density at radius 3 is 1.83 bits per heavy atom. The highest BCUT2D eigenvalue weighted by Crippen LogP contribution is 2.64. The van der Waals surface area contributed by atoms with Crippen LogP contribution < -0.4 is 5.32 Å². The van der Waals surface area contributed by atoms with Gasteiger partial charge in [-0.3, -0.25) is 9.88 Å². The number of amidine groups is 1. The van der Waals surface area contributed by atoms with Crippen molar-refractivity contribution in [2.45, 2.75) is 56.4 Å². The Labute approximate surface area is 193 Å². The second kappa shape index (κ2) is 8.66. The summed E-state index contributed by atoms with van der Waals surface area (Å²) in [6.45, 7) is 3.57. The lowest BCUT2D eigenvalue weighted by molar-refractivity contribution is -0.296. The van der Waals surface area contributed by atoms with Crippen molar-refractivity contribution >= 4 is 25.4 Å². The third kappa shape index (κ3) is 4.97. The third-order valence-corrected chi connectivity index (χ3v) is 7.75. The molecule has 0 amide bonds. The van der Waals surface area contributed by atoms with Crippen molar-refractivity contribution in [2.24, 2.45) is 20.7 Å². The van der Waals surface area contributed by atoms with E-state index in [-0.39, 0.29) is 6.61 Å². The number of halogens is 12. The zero-order valence-corrected chi connectivity index (χ0v) is 19.2. The zero-order chi connectivity index (χ0) is 28.3. The van der Waals surface area contributed by atoms with Crippen LogP contribution in [0.4, 0.5) is 52.7 Å². The molecule has 8 nitrogen and oxygen atoms in total. The number of nitrogens with zero attached hydrogens (tertiary/aromatic N) is 4. The second-order valence-corrected chi connectivity index (χ2v) is 10.3. The number of guanidine groups is 1. The first kappa shape index (κ1) is 30.0. The molecule has 0 aromatic rings. The van der Waals surface area contributed by atoms with Crippen LogP contribution in [0.3, 0.4) is 0 Å². The highest BCUT2D eigenvalue weighted by molar-refractivity contribution is 7.59.